The average Bonchev–Trinajstić information content (AvgIpc) is 2.84. The van der Waals surface area contributed by atoms with Gasteiger partial charge < -0.3 is 15.8 Å². The van der Waals surface area contributed by atoms with Crippen LogP contribution in [0.15, 0.2) is 49.1 Å². The van der Waals surface area contributed by atoms with E-state index in [-0.39, 0.29) is 5.95 Å². The van der Waals surface area contributed by atoms with E-state index in [0.717, 1.165) is 67.4 Å². The summed E-state index contributed by atoms with van der Waals surface area (Å²) in [4.78, 5) is 15.0. The van der Waals surface area contributed by atoms with Gasteiger partial charge in [0.05, 0.1) is 43.3 Å². The van der Waals surface area contributed by atoms with Crippen LogP contribution in [0.4, 0.5) is 11.6 Å². The molecule has 0 amide bonds. The van der Waals surface area contributed by atoms with E-state index in [1.54, 1.807) is 12.4 Å². The van der Waals surface area contributed by atoms with Crippen LogP contribution in [0.25, 0.3) is 11.1 Å². The highest BCUT2D eigenvalue weighted by atomic mass is 16.5. The van der Waals surface area contributed by atoms with Crippen LogP contribution >= 0.6 is 0 Å². The van der Waals surface area contributed by atoms with Crippen LogP contribution in [-0.2, 0) is 17.7 Å². The van der Waals surface area contributed by atoms with Gasteiger partial charge in [0.25, 0.3) is 6.21 Å². The summed E-state index contributed by atoms with van der Waals surface area (Å²) in [7, 11) is 0. The van der Waals surface area contributed by atoms with Crippen molar-refractivity contribution in [2.24, 2.45) is 0 Å². The highest BCUT2D eigenvalue weighted by Gasteiger charge is 2.22. The van der Waals surface area contributed by atoms with E-state index < -0.39 is 0 Å². The summed E-state index contributed by atoms with van der Waals surface area (Å²) in [6, 6.07) is 8.82. The number of nitrogens with two attached hydrogens (primary N) is 1. The number of ether oxygens (including phenoxy) is 1. The molecule has 0 aliphatic carbocycles. The van der Waals surface area contributed by atoms with Gasteiger partial charge in [0.1, 0.15) is 6.54 Å². The SMILES string of the molecule is Nc1ncc(NCC2=[N+]=CCc3ccc(-c4cncc(CN5CCOCC5)c4)cc32)cn1. The minimum Gasteiger partial charge on any atom is -0.379 e. The number of anilines is 2. The first-order valence-corrected chi connectivity index (χ1v) is 10.8. The summed E-state index contributed by atoms with van der Waals surface area (Å²) in [5, 5.41) is 3.34. The normalized spacial score (nSPS) is 15.8. The summed E-state index contributed by atoms with van der Waals surface area (Å²) in [5.74, 6) is 0.262. The molecule has 2 aromatic heterocycles. The second-order valence-electron chi connectivity index (χ2n) is 7.99. The molecule has 8 nitrogen and oxygen atoms in total. The minimum atomic E-state index is 0.262. The maximum absolute atomic E-state index is 5.57. The first kappa shape index (κ1) is 20.3. The Hall–Kier alpha value is -3.58. The van der Waals surface area contributed by atoms with Gasteiger partial charge in [-0.15, -0.1) is 0 Å². The largest absolute Gasteiger partial charge is 0.379 e. The zero-order chi connectivity index (χ0) is 21.8. The Morgan fingerprint density at radius 3 is 2.72 bits per heavy atom. The standard InChI is InChI=1S/C24H26N7O/c25-24-29-13-21(14-30-24)28-15-23-22-10-19(2-1-18(22)3-4-27-23)20-9-17(11-26-12-20)16-31-5-7-32-8-6-31/h1-2,4,9-14,28H,3,5-8,15-16H2,(H2,25,29,30)/q+1. The van der Waals surface area contributed by atoms with Crippen molar-refractivity contribution in [1.82, 2.24) is 24.5 Å². The fourth-order valence-electron chi connectivity index (χ4n) is 4.03. The van der Waals surface area contributed by atoms with Crippen molar-refractivity contribution in [3.05, 3.63) is 65.7 Å². The molecule has 0 unspecified atom stereocenters. The molecule has 1 aromatic carbocycles. The van der Waals surface area contributed by atoms with Crippen molar-refractivity contribution in [2.75, 3.05) is 43.9 Å². The Kier molecular flexibility index (Phi) is 5.89. The van der Waals surface area contributed by atoms with Crippen LogP contribution in [0.2, 0.25) is 0 Å². The van der Waals surface area contributed by atoms with Crippen LogP contribution in [0.1, 0.15) is 16.7 Å². The van der Waals surface area contributed by atoms with Crippen molar-refractivity contribution in [1.29, 1.82) is 0 Å². The molecule has 162 valence electrons. The maximum Gasteiger partial charge on any atom is 0.329 e. The molecular weight excluding hydrogens is 402 g/mol. The van der Waals surface area contributed by atoms with Crippen LogP contribution in [0.5, 0.6) is 0 Å². The van der Waals surface area contributed by atoms with Crippen LogP contribution < -0.4 is 15.7 Å². The first-order chi connectivity index (χ1) is 15.7. The molecule has 0 spiro atoms. The number of nitrogens with zero attached hydrogens (tertiary/aromatic N) is 5. The molecule has 8 heteroatoms. The summed E-state index contributed by atoms with van der Waals surface area (Å²) < 4.78 is 10.1. The zero-order valence-corrected chi connectivity index (χ0v) is 17.9. The molecule has 3 aromatic rings. The van der Waals surface area contributed by atoms with Crippen molar-refractivity contribution >= 4 is 23.6 Å². The van der Waals surface area contributed by atoms with Gasteiger partial charge in [-0.1, -0.05) is 16.8 Å². The number of rotatable bonds is 6. The molecule has 5 rings (SSSR count). The van der Waals surface area contributed by atoms with Gasteiger partial charge in [-0.2, -0.15) is 0 Å². The molecule has 0 atom stereocenters. The van der Waals surface area contributed by atoms with Gasteiger partial charge in [-0.05, 0) is 28.8 Å². The topological polar surface area (TPSA) is 103 Å². The third-order valence-corrected chi connectivity index (χ3v) is 5.75. The Morgan fingerprint density at radius 2 is 1.88 bits per heavy atom. The van der Waals surface area contributed by atoms with Crippen molar-refractivity contribution in [3.63, 3.8) is 0 Å². The molecule has 32 heavy (non-hydrogen) atoms. The molecule has 0 saturated carbocycles. The summed E-state index contributed by atoms with van der Waals surface area (Å²) in [5.41, 5.74) is 13.3. The third kappa shape index (κ3) is 4.68. The molecular formula is C24H26N7O+. The van der Waals surface area contributed by atoms with Gasteiger partial charge in [0, 0.05) is 37.6 Å². The van der Waals surface area contributed by atoms with Crippen LogP contribution in [0, 0.1) is 0 Å². The lowest BCUT2D eigenvalue weighted by Gasteiger charge is -2.26. The fraction of sp³-hybridized carbons (Fsp3) is 0.292. The molecule has 3 N–H and O–H groups in total. The number of hydrogen-bond acceptors (Lipinski definition) is 7. The Morgan fingerprint density at radius 1 is 1.03 bits per heavy atom. The zero-order valence-electron chi connectivity index (χ0n) is 17.9. The van der Waals surface area contributed by atoms with E-state index in [9.17, 15) is 0 Å². The molecule has 2 aliphatic rings. The Bertz CT molecular complexity index is 1160. The average molecular weight is 429 g/mol. The summed E-state index contributed by atoms with van der Waals surface area (Å²) in [6.45, 7) is 5.00. The molecule has 0 radical (unpaired) electrons. The van der Waals surface area contributed by atoms with E-state index >= 15 is 0 Å². The number of hydrogen-bond donors (Lipinski definition) is 2. The number of nitrogens with one attached hydrogen (secondary N) is 1. The maximum atomic E-state index is 5.57. The quantitative estimate of drug-likeness (QED) is 0.574. The number of morpholine rings is 1. The molecule has 1 fully saturated rings. The van der Waals surface area contributed by atoms with Crippen molar-refractivity contribution < 1.29 is 4.74 Å². The van der Waals surface area contributed by atoms with Crippen LogP contribution in [-0.4, -0.2) is 64.6 Å². The number of nitrogen functional groups attached to an aromatic ring is 1. The number of fused-ring (bicyclic) bond motifs is 1. The van der Waals surface area contributed by atoms with E-state index in [1.165, 1.54) is 11.1 Å². The van der Waals surface area contributed by atoms with Crippen LogP contribution in [0.3, 0.4) is 0 Å². The van der Waals surface area contributed by atoms with E-state index in [2.05, 4.69) is 54.1 Å². The lowest BCUT2D eigenvalue weighted by atomic mass is 9.94. The smallest absolute Gasteiger partial charge is 0.329 e. The molecule has 1 saturated heterocycles. The number of aromatic nitrogens is 3. The predicted octanol–water partition coefficient (Wildman–Crippen LogP) is 1.55. The van der Waals surface area contributed by atoms with E-state index in [4.69, 9.17) is 10.5 Å². The van der Waals surface area contributed by atoms with Gasteiger partial charge in [0.2, 0.25) is 5.95 Å². The fourth-order valence-corrected chi connectivity index (χ4v) is 4.03. The summed E-state index contributed by atoms with van der Waals surface area (Å²) >= 11 is 0. The highest BCUT2D eigenvalue weighted by molar-refractivity contribution is 6.07. The van der Waals surface area contributed by atoms with Crippen molar-refractivity contribution in [2.45, 2.75) is 13.0 Å². The van der Waals surface area contributed by atoms with Crippen molar-refractivity contribution in [3.8, 4) is 11.1 Å². The molecule has 4 heterocycles. The van der Waals surface area contributed by atoms with Gasteiger partial charge >= 0.3 is 5.71 Å². The summed E-state index contributed by atoms with van der Waals surface area (Å²) in [6.07, 6.45) is 10.0. The predicted molar refractivity (Wildman–Crippen MR) is 127 cm³/mol. The highest BCUT2D eigenvalue weighted by Crippen LogP contribution is 2.25. The van der Waals surface area contributed by atoms with Gasteiger partial charge in [-0.25, -0.2) is 9.97 Å². The van der Waals surface area contributed by atoms with E-state index in [1.807, 2.05) is 18.6 Å². The molecule has 0 bridgehead atoms. The molecule has 2 aliphatic heterocycles. The first-order valence-electron chi connectivity index (χ1n) is 10.8. The lowest BCUT2D eigenvalue weighted by molar-refractivity contribution is 0.0341. The second-order valence-corrected chi connectivity index (χ2v) is 7.99. The minimum absolute atomic E-state index is 0.262. The number of pyridine rings is 1. The Balaban J connectivity index is 1.35. The van der Waals surface area contributed by atoms with Gasteiger partial charge in [0.15, 0.2) is 0 Å². The lowest BCUT2D eigenvalue weighted by Crippen LogP contribution is -2.35. The monoisotopic (exact) mass is 428 g/mol. The van der Waals surface area contributed by atoms with Gasteiger partial charge in [-0.3, -0.25) is 9.88 Å². The second kappa shape index (κ2) is 9.28. The number of benzene rings is 1. The third-order valence-electron chi connectivity index (χ3n) is 5.75. The van der Waals surface area contributed by atoms with E-state index in [0.29, 0.717) is 6.54 Å². The Labute approximate surface area is 186 Å².